The molecule has 1 aromatic heterocycles. The standard InChI is InChI=1S/C14H22N4O2/c1-5-17-6-7-18(8-9(17)2)13-12(14(19)20)10(3)11(4)15-16-13/h9H,5-8H2,1-4H3,(H,19,20). The first-order chi connectivity index (χ1) is 9.45. The summed E-state index contributed by atoms with van der Waals surface area (Å²) in [6.45, 7) is 11.4. The van der Waals surface area contributed by atoms with Crippen molar-refractivity contribution in [3.05, 3.63) is 16.8 Å². The Morgan fingerprint density at radius 2 is 2.05 bits per heavy atom. The molecule has 0 amide bonds. The van der Waals surface area contributed by atoms with Gasteiger partial charge in [0.25, 0.3) is 0 Å². The molecule has 1 atom stereocenters. The minimum Gasteiger partial charge on any atom is -0.478 e. The number of carbonyl (C=O) groups is 1. The highest BCUT2D eigenvalue weighted by molar-refractivity contribution is 5.95. The maximum atomic E-state index is 11.5. The van der Waals surface area contributed by atoms with E-state index in [0.717, 1.165) is 26.2 Å². The summed E-state index contributed by atoms with van der Waals surface area (Å²) in [4.78, 5) is 16.0. The van der Waals surface area contributed by atoms with Crippen LogP contribution in [0.15, 0.2) is 0 Å². The fraction of sp³-hybridized carbons (Fsp3) is 0.643. The van der Waals surface area contributed by atoms with Crippen LogP contribution in [0.5, 0.6) is 0 Å². The Morgan fingerprint density at radius 1 is 1.35 bits per heavy atom. The Labute approximate surface area is 119 Å². The van der Waals surface area contributed by atoms with Crippen LogP contribution in [0, 0.1) is 13.8 Å². The second kappa shape index (κ2) is 5.75. The van der Waals surface area contributed by atoms with Crippen molar-refractivity contribution in [2.24, 2.45) is 0 Å². The molecule has 0 radical (unpaired) electrons. The molecule has 20 heavy (non-hydrogen) atoms. The number of piperazine rings is 1. The van der Waals surface area contributed by atoms with Crippen LogP contribution in [0.25, 0.3) is 0 Å². The molecule has 1 unspecified atom stereocenters. The first kappa shape index (κ1) is 14.7. The van der Waals surface area contributed by atoms with Crippen molar-refractivity contribution in [3.63, 3.8) is 0 Å². The summed E-state index contributed by atoms with van der Waals surface area (Å²) < 4.78 is 0. The molecule has 1 aromatic rings. The molecule has 0 aromatic carbocycles. The fourth-order valence-corrected chi connectivity index (χ4v) is 2.73. The average molecular weight is 278 g/mol. The van der Waals surface area contributed by atoms with E-state index in [-0.39, 0.29) is 5.56 Å². The van der Waals surface area contributed by atoms with E-state index in [1.165, 1.54) is 0 Å². The molecule has 1 fully saturated rings. The SMILES string of the molecule is CCN1CCN(c2nnc(C)c(C)c2C(=O)O)CC1C. The zero-order chi connectivity index (χ0) is 14.9. The maximum Gasteiger partial charge on any atom is 0.339 e. The molecule has 0 aliphatic carbocycles. The van der Waals surface area contributed by atoms with Gasteiger partial charge in [-0.2, -0.15) is 5.10 Å². The third-order valence-corrected chi connectivity index (χ3v) is 4.12. The van der Waals surface area contributed by atoms with Gasteiger partial charge in [0.05, 0.1) is 5.69 Å². The van der Waals surface area contributed by atoms with E-state index in [9.17, 15) is 9.90 Å². The van der Waals surface area contributed by atoms with Gasteiger partial charge < -0.3 is 10.0 Å². The van der Waals surface area contributed by atoms with Crippen LogP contribution in [-0.4, -0.2) is 58.4 Å². The highest BCUT2D eigenvalue weighted by atomic mass is 16.4. The van der Waals surface area contributed by atoms with E-state index in [2.05, 4.69) is 28.9 Å². The van der Waals surface area contributed by atoms with Crippen LogP contribution in [-0.2, 0) is 0 Å². The molecule has 110 valence electrons. The molecule has 0 bridgehead atoms. The molecule has 0 spiro atoms. The molecule has 1 aliphatic rings. The number of hydrogen-bond acceptors (Lipinski definition) is 5. The number of anilines is 1. The third kappa shape index (κ3) is 2.60. The van der Waals surface area contributed by atoms with Crippen molar-refractivity contribution in [2.45, 2.75) is 33.7 Å². The number of rotatable bonds is 3. The smallest absolute Gasteiger partial charge is 0.339 e. The Balaban J connectivity index is 2.34. The number of aromatic carboxylic acids is 1. The van der Waals surface area contributed by atoms with Gasteiger partial charge in [-0.3, -0.25) is 4.90 Å². The van der Waals surface area contributed by atoms with Gasteiger partial charge in [-0.25, -0.2) is 4.79 Å². The Kier molecular flexibility index (Phi) is 4.23. The number of aromatic nitrogens is 2. The number of aryl methyl sites for hydroxylation is 1. The second-order valence-electron chi connectivity index (χ2n) is 5.34. The van der Waals surface area contributed by atoms with Gasteiger partial charge in [-0.15, -0.1) is 5.10 Å². The molecule has 2 rings (SSSR count). The number of likely N-dealkylation sites (N-methyl/N-ethyl adjacent to an activating group) is 1. The molecule has 1 saturated heterocycles. The van der Waals surface area contributed by atoms with Crippen LogP contribution in [0.4, 0.5) is 5.82 Å². The highest BCUT2D eigenvalue weighted by Gasteiger charge is 2.28. The predicted octanol–water partition coefficient (Wildman–Crippen LogP) is 1.32. The molecule has 1 N–H and O–H groups in total. The van der Waals surface area contributed by atoms with Gasteiger partial charge in [-0.1, -0.05) is 6.92 Å². The average Bonchev–Trinajstić information content (AvgIpc) is 2.41. The Bertz CT molecular complexity index is 518. The molecule has 0 saturated carbocycles. The first-order valence-electron chi connectivity index (χ1n) is 7.01. The summed E-state index contributed by atoms with van der Waals surface area (Å²) in [5.41, 5.74) is 1.66. The van der Waals surface area contributed by atoms with Crippen LogP contribution in [0.3, 0.4) is 0 Å². The monoisotopic (exact) mass is 278 g/mol. The summed E-state index contributed by atoms with van der Waals surface area (Å²) >= 11 is 0. The van der Waals surface area contributed by atoms with Crippen molar-refractivity contribution < 1.29 is 9.90 Å². The Hall–Kier alpha value is -1.69. The number of nitrogens with zero attached hydrogens (tertiary/aromatic N) is 4. The van der Waals surface area contributed by atoms with Gasteiger partial charge in [0.2, 0.25) is 0 Å². The summed E-state index contributed by atoms with van der Waals surface area (Å²) in [6.07, 6.45) is 0. The van der Waals surface area contributed by atoms with E-state index in [1.54, 1.807) is 13.8 Å². The van der Waals surface area contributed by atoms with Crippen molar-refractivity contribution in [3.8, 4) is 0 Å². The second-order valence-corrected chi connectivity index (χ2v) is 5.34. The van der Waals surface area contributed by atoms with E-state index in [4.69, 9.17) is 0 Å². The zero-order valence-electron chi connectivity index (χ0n) is 12.6. The molecule has 6 heteroatoms. The molecular weight excluding hydrogens is 256 g/mol. The van der Waals surface area contributed by atoms with Gasteiger partial charge in [0, 0.05) is 25.7 Å². The summed E-state index contributed by atoms with van der Waals surface area (Å²) in [5.74, 6) is -0.427. The van der Waals surface area contributed by atoms with Crippen molar-refractivity contribution in [2.75, 3.05) is 31.1 Å². The lowest BCUT2D eigenvalue weighted by molar-refractivity contribution is 0.0695. The van der Waals surface area contributed by atoms with E-state index in [1.807, 2.05) is 4.90 Å². The minimum absolute atomic E-state index is 0.287. The molecule has 6 nitrogen and oxygen atoms in total. The van der Waals surface area contributed by atoms with E-state index >= 15 is 0 Å². The predicted molar refractivity (Wildman–Crippen MR) is 77.4 cm³/mol. The quantitative estimate of drug-likeness (QED) is 0.899. The molecule has 2 heterocycles. The topological polar surface area (TPSA) is 69.6 Å². The van der Waals surface area contributed by atoms with Gasteiger partial charge in [0.1, 0.15) is 5.56 Å². The van der Waals surface area contributed by atoms with Crippen molar-refractivity contribution in [1.29, 1.82) is 0 Å². The van der Waals surface area contributed by atoms with Crippen LogP contribution in [0.2, 0.25) is 0 Å². The first-order valence-corrected chi connectivity index (χ1v) is 7.01. The maximum absolute atomic E-state index is 11.5. The summed E-state index contributed by atoms with van der Waals surface area (Å²) in [7, 11) is 0. The van der Waals surface area contributed by atoms with Crippen molar-refractivity contribution in [1.82, 2.24) is 15.1 Å². The van der Waals surface area contributed by atoms with Crippen molar-refractivity contribution >= 4 is 11.8 Å². The van der Waals surface area contributed by atoms with Crippen LogP contribution in [0.1, 0.15) is 35.5 Å². The molecule has 1 aliphatic heterocycles. The van der Waals surface area contributed by atoms with Gasteiger partial charge in [0.15, 0.2) is 5.82 Å². The fourth-order valence-electron chi connectivity index (χ4n) is 2.73. The lowest BCUT2D eigenvalue weighted by Crippen LogP contribution is -2.52. The normalized spacial score (nSPS) is 20.2. The number of hydrogen-bond donors (Lipinski definition) is 1. The lowest BCUT2D eigenvalue weighted by Gasteiger charge is -2.40. The minimum atomic E-state index is -0.930. The van der Waals surface area contributed by atoms with Crippen LogP contribution >= 0.6 is 0 Å². The third-order valence-electron chi connectivity index (χ3n) is 4.12. The Morgan fingerprint density at radius 3 is 2.60 bits per heavy atom. The largest absolute Gasteiger partial charge is 0.478 e. The zero-order valence-corrected chi connectivity index (χ0v) is 12.6. The number of carboxylic acids is 1. The number of carboxylic acid groups (broad SMARTS) is 1. The van der Waals surface area contributed by atoms with Crippen LogP contribution < -0.4 is 4.90 Å². The van der Waals surface area contributed by atoms with Gasteiger partial charge in [-0.05, 0) is 32.9 Å². The molecular formula is C14H22N4O2. The lowest BCUT2D eigenvalue weighted by atomic mass is 10.1. The summed E-state index contributed by atoms with van der Waals surface area (Å²) in [5, 5.41) is 17.7. The van der Waals surface area contributed by atoms with Gasteiger partial charge >= 0.3 is 5.97 Å². The summed E-state index contributed by atoms with van der Waals surface area (Å²) in [6, 6.07) is 0.388. The highest BCUT2D eigenvalue weighted by Crippen LogP contribution is 2.24. The van der Waals surface area contributed by atoms with E-state index < -0.39 is 5.97 Å². The van der Waals surface area contributed by atoms with E-state index in [0.29, 0.717) is 23.1 Å².